The van der Waals surface area contributed by atoms with Gasteiger partial charge in [0.05, 0.1) is 6.61 Å². The second-order valence-electron chi connectivity index (χ2n) is 5.16. The Morgan fingerprint density at radius 1 is 1.00 bits per heavy atom. The molecule has 0 atom stereocenters. The van der Waals surface area contributed by atoms with E-state index in [2.05, 4.69) is 22.3 Å². The lowest BCUT2D eigenvalue weighted by molar-refractivity contribution is 0.124. The number of hydrogen-bond donors (Lipinski definition) is 1. The molecule has 3 nitrogen and oxygen atoms in total. The predicted octanol–water partition coefficient (Wildman–Crippen LogP) is 2.99. The average Bonchev–Trinajstić information content (AvgIpc) is 2.48. The molecule has 3 heteroatoms. The van der Waals surface area contributed by atoms with Crippen LogP contribution < -0.4 is 5.32 Å². The fourth-order valence-corrected chi connectivity index (χ4v) is 2.50. The highest BCUT2D eigenvalue weighted by Gasteiger charge is 2.08. The second kappa shape index (κ2) is 8.94. The van der Waals surface area contributed by atoms with Gasteiger partial charge in [0, 0.05) is 25.4 Å². The zero-order chi connectivity index (χ0) is 13.2. The third kappa shape index (κ3) is 6.08. The van der Waals surface area contributed by atoms with Gasteiger partial charge in [-0.05, 0) is 44.5 Å². The van der Waals surface area contributed by atoms with E-state index in [0.717, 1.165) is 26.2 Å². The first-order chi connectivity index (χ1) is 9.45. The van der Waals surface area contributed by atoms with E-state index in [1.807, 2.05) is 18.2 Å². The van der Waals surface area contributed by atoms with E-state index in [1.165, 1.54) is 44.6 Å². The van der Waals surface area contributed by atoms with Gasteiger partial charge in [-0.2, -0.15) is 0 Å². The Labute approximate surface area is 116 Å². The van der Waals surface area contributed by atoms with Crippen LogP contribution in [-0.2, 0) is 4.74 Å². The van der Waals surface area contributed by atoms with Crippen LogP contribution >= 0.6 is 0 Å². The smallest absolute Gasteiger partial charge is 0.0639 e. The van der Waals surface area contributed by atoms with Gasteiger partial charge in [-0.25, -0.2) is 0 Å². The van der Waals surface area contributed by atoms with Crippen LogP contribution in [0.25, 0.3) is 0 Å². The molecule has 19 heavy (non-hydrogen) atoms. The van der Waals surface area contributed by atoms with E-state index in [-0.39, 0.29) is 0 Å². The van der Waals surface area contributed by atoms with Gasteiger partial charge in [0.15, 0.2) is 0 Å². The summed E-state index contributed by atoms with van der Waals surface area (Å²) in [5.41, 5.74) is 1.17. The molecule has 0 aliphatic carbocycles. The lowest BCUT2D eigenvalue weighted by Gasteiger charge is -2.26. The number of piperidine rings is 1. The molecule has 106 valence electrons. The van der Waals surface area contributed by atoms with E-state index < -0.39 is 0 Å². The van der Waals surface area contributed by atoms with Crippen LogP contribution in [-0.4, -0.2) is 44.3 Å². The van der Waals surface area contributed by atoms with E-state index in [4.69, 9.17) is 4.74 Å². The molecule has 0 saturated carbocycles. The summed E-state index contributed by atoms with van der Waals surface area (Å²) in [7, 11) is 0. The molecule has 0 radical (unpaired) electrons. The standard InChI is InChI=1S/C16H26N2O/c1-3-8-16(9-4-1)17-10-15-19-14-7-13-18-11-5-2-6-12-18/h1,3-4,8-9,17H,2,5-7,10-15H2. The van der Waals surface area contributed by atoms with Crippen LogP contribution in [0.3, 0.4) is 0 Å². The van der Waals surface area contributed by atoms with Crippen molar-refractivity contribution in [3.05, 3.63) is 30.3 Å². The maximum atomic E-state index is 5.66. The Morgan fingerprint density at radius 3 is 2.58 bits per heavy atom. The summed E-state index contributed by atoms with van der Waals surface area (Å²) in [5, 5.41) is 3.35. The van der Waals surface area contributed by atoms with Gasteiger partial charge in [0.2, 0.25) is 0 Å². The zero-order valence-corrected chi connectivity index (χ0v) is 11.8. The Bertz CT molecular complexity index is 323. The molecule has 1 aliphatic rings. The molecule has 1 aliphatic heterocycles. The highest BCUT2D eigenvalue weighted by molar-refractivity contribution is 5.42. The number of anilines is 1. The Morgan fingerprint density at radius 2 is 1.79 bits per heavy atom. The van der Waals surface area contributed by atoms with Crippen LogP contribution in [0.15, 0.2) is 30.3 Å². The number of nitrogens with one attached hydrogen (secondary N) is 1. The molecule has 0 amide bonds. The average molecular weight is 262 g/mol. The normalized spacial score (nSPS) is 16.4. The van der Waals surface area contributed by atoms with Gasteiger partial charge in [-0.15, -0.1) is 0 Å². The fourth-order valence-electron chi connectivity index (χ4n) is 2.50. The van der Waals surface area contributed by atoms with Crippen molar-refractivity contribution in [2.24, 2.45) is 0 Å². The quantitative estimate of drug-likeness (QED) is 0.729. The highest BCUT2D eigenvalue weighted by Crippen LogP contribution is 2.08. The summed E-state index contributed by atoms with van der Waals surface area (Å²) in [6.07, 6.45) is 5.33. The highest BCUT2D eigenvalue weighted by atomic mass is 16.5. The van der Waals surface area contributed by atoms with E-state index in [1.54, 1.807) is 0 Å². The third-order valence-corrected chi connectivity index (χ3v) is 3.56. The summed E-state index contributed by atoms with van der Waals surface area (Å²) in [5.74, 6) is 0. The van der Waals surface area contributed by atoms with E-state index in [0.29, 0.717) is 0 Å². The molecule has 0 spiro atoms. The molecular weight excluding hydrogens is 236 g/mol. The molecule has 1 aromatic carbocycles. The largest absolute Gasteiger partial charge is 0.383 e. The van der Waals surface area contributed by atoms with Gasteiger partial charge in [0.25, 0.3) is 0 Å². The molecule has 1 fully saturated rings. The summed E-state index contributed by atoms with van der Waals surface area (Å²) < 4.78 is 5.66. The summed E-state index contributed by atoms with van der Waals surface area (Å²) >= 11 is 0. The number of nitrogens with zero attached hydrogens (tertiary/aromatic N) is 1. The number of likely N-dealkylation sites (tertiary alicyclic amines) is 1. The molecule has 1 N–H and O–H groups in total. The zero-order valence-electron chi connectivity index (χ0n) is 11.8. The van der Waals surface area contributed by atoms with Crippen molar-refractivity contribution in [2.75, 3.05) is 44.7 Å². The van der Waals surface area contributed by atoms with Gasteiger partial charge in [-0.3, -0.25) is 0 Å². The van der Waals surface area contributed by atoms with Crippen molar-refractivity contribution in [1.29, 1.82) is 0 Å². The van der Waals surface area contributed by atoms with Crippen molar-refractivity contribution in [3.8, 4) is 0 Å². The minimum atomic E-state index is 0.787. The lowest BCUT2D eigenvalue weighted by atomic mass is 10.1. The molecule has 1 saturated heterocycles. The minimum Gasteiger partial charge on any atom is -0.383 e. The SMILES string of the molecule is c1ccc(NCCOCCCN2CCCCC2)cc1. The first kappa shape index (κ1) is 14.4. The van der Waals surface area contributed by atoms with Crippen LogP contribution in [0.5, 0.6) is 0 Å². The number of benzene rings is 1. The summed E-state index contributed by atoms with van der Waals surface area (Å²) in [6.45, 7) is 6.33. The van der Waals surface area contributed by atoms with Crippen LogP contribution in [0.2, 0.25) is 0 Å². The van der Waals surface area contributed by atoms with Gasteiger partial charge >= 0.3 is 0 Å². The second-order valence-corrected chi connectivity index (χ2v) is 5.16. The Kier molecular flexibility index (Phi) is 6.75. The Hall–Kier alpha value is -1.06. The lowest BCUT2D eigenvalue weighted by Crippen LogP contribution is -2.31. The summed E-state index contributed by atoms with van der Waals surface area (Å²) in [4.78, 5) is 2.56. The maximum absolute atomic E-state index is 5.66. The van der Waals surface area contributed by atoms with Gasteiger partial charge in [0.1, 0.15) is 0 Å². The molecule has 0 aromatic heterocycles. The van der Waals surface area contributed by atoms with E-state index in [9.17, 15) is 0 Å². The number of para-hydroxylation sites is 1. The van der Waals surface area contributed by atoms with Crippen molar-refractivity contribution in [2.45, 2.75) is 25.7 Å². The topological polar surface area (TPSA) is 24.5 Å². The number of hydrogen-bond acceptors (Lipinski definition) is 3. The molecule has 1 aromatic rings. The molecular formula is C16H26N2O. The van der Waals surface area contributed by atoms with Crippen molar-refractivity contribution in [1.82, 2.24) is 4.90 Å². The fraction of sp³-hybridized carbons (Fsp3) is 0.625. The molecule has 0 bridgehead atoms. The number of ether oxygens (including phenoxy) is 1. The molecule has 2 rings (SSSR count). The monoisotopic (exact) mass is 262 g/mol. The van der Waals surface area contributed by atoms with Crippen molar-refractivity contribution >= 4 is 5.69 Å². The van der Waals surface area contributed by atoms with Crippen LogP contribution in [0.1, 0.15) is 25.7 Å². The van der Waals surface area contributed by atoms with Crippen molar-refractivity contribution in [3.63, 3.8) is 0 Å². The predicted molar refractivity (Wildman–Crippen MR) is 80.7 cm³/mol. The van der Waals surface area contributed by atoms with Gasteiger partial charge in [-0.1, -0.05) is 24.6 Å². The molecule has 0 unspecified atom stereocenters. The summed E-state index contributed by atoms with van der Waals surface area (Å²) in [6, 6.07) is 10.3. The van der Waals surface area contributed by atoms with Crippen LogP contribution in [0, 0.1) is 0 Å². The third-order valence-electron chi connectivity index (χ3n) is 3.56. The minimum absolute atomic E-state index is 0.787. The molecule has 1 heterocycles. The first-order valence-corrected chi connectivity index (χ1v) is 7.54. The maximum Gasteiger partial charge on any atom is 0.0639 e. The van der Waals surface area contributed by atoms with Gasteiger partial charge < -0.3 is 15.0 Å². The first-order valence-electron chi connectivity index (χ1n) is 7.54. The Balaban J connectivity index is 1.42. The van der Waals surface area contributed by atoms with E-state index >= 15 is 0 Å². The number of rotatable bonds is 8. The van der Waals surface area contributed by atoms with Crippen LogP contribution in [0.4, 0.5) is 5.69 Å². The van der Waals surface area contributed by atoms with Crippen molar-refractivity contribution < 1.29 is 4.74 Å².